The van der Waals surface area contributed by atoms with Crippen LogP contribution in [0.25, 0.3) is 6.08 Å². The Morgan fingerprint density at radius 2 is 2.04 bits per heavy atom. The predicted molar refractivity (Wildman–Crippen MR) is 95.6 cm³/mol. The summed E-state index contributed by atoms with van der Waals surface area (Å²) in [5.74, 6) is -0.187. The van der Waals surface area contributed by atoms with E-state index in [2.05, 4.69) is 35.5 Å². The van der Waals surface area contributed by atoms with E-state index in [9.17, 15) is 4.79 Å². The van der Waals surface area contributed by atoms with Gasteiger partial charge in [0.1, 0.15) is 0 Å². The molecular weight excluding hydrogens is 308 g/mol. The third kappa shape index (κ3) is 4.01. The number of halogens is 1. The molecular formula is C19H19ClN2O. The molecule has 1 aliphatic heterocycles. The van der Waals surface area contributed by atoms with E-state index in [0.29, 0.717) is 10.7 Å². The summed E-state index contributed by atoms with van der Waals surface area (Å²) in [6.07, 6.45) is 4.46. The summed E-state index contributed by atoms with van der Waals surface area (Å²) in [5.41, 5.74) is 4.40. The molecule has 0 saturated heterocycles. The maximum absolute atomic E-state index is 12.0. The van der Waals surface area contributed by atoms with Crippen molar-refractivity contribution in [3.63, 3.8) is 0 Å². The fourth-order valence-corrected chi connectivity index (χ4v) is 2.91. The molecule has 0 unspecified atom stereocenters. The summed E-state index contributed by atoms with van der Waals surface area (Å²) in [6.45, 7) is 2.06. The van der Waals surface area contributed by atoms with Gasteiger partial charge in [0.25, 0.3) is 0 Å². The second-order valence-corrected chi connectivity index (χ2v) is 6.23. The highest BCUT2D eigenvalue weighted by molar-refractivity contribution is 6.33. The molecule has 3 nitrogen and oxygen atoms in total. The SMILES string of the molecule is CN1CCc2ccc(/C=C/C(=O)Nc3ccccc3Cl)cc2C1. The Balaban J connectivity index is 1.69. The summed E-state index contributed by atoms with van der Waals surface area (Å²) >= 11 is 6.04. The van der Waals surface area contributed by atoms with Crippen molar-refractivity contribution in [2.45, 2.75) is 13.0 Å². The number of carbonyl (C=O) groups excluding carboxylic acids is 1. The monoisotopic (exact) mass is 326 g/mol. The van der Waals surface area contributed by atoms with Gasteiger partial charge >= 0.3 is 0 Å². The van der Waals surface area contributed by atoms with Gasteiger partial charge in [0.15, 0.2) is 0 Å². The van der Waals surface area contributed by atoms with Crippen molar-refractivity contribution in [1.29, 1.82) is 0 Å². The van der Waals surface area contributed by atoms with Gasteiger partial charge < -0.3 is 10.2 Å². The average Bonchev–Trinajstić information content (AvgIpc) is 2.54. The molecule has 1 N–H and O–H groups in total. The Bertz CT molecular complexity index is 755. The number of nitrogens with zero attached hydrogens (tertiary/aromatic N) is 1. The Morgan fingerprint density at radius 3 is 2.87 bits per heavy atom. The predicted octanol–water partition coefficient (Wildman–Crippen LogP) is 3.98. The minimum atomic E-state index is -0.187. The Hall–Kier alpha value is -2.10. The largest absolute Gasteiger partial charge is 0.321 e. The number of nitrogens with one attached hydrogen (secondary N) is 1. The number of likely N-dealkylation sites (N-methyl/N-ethyl adjacent to an activating group) is 1. The normalized spacial score (nSPS) is 14.7. The maximum Gasteiger partial charge on any atom is 0.248 e. The molecule has 0 aromatic heterocycles. The van der Waals surface area contributed by atoms with E-state index in [4.69, 9.17) is 11.6 Å². The highest BCUT2D eigenvalue weighted by Gasteiger charge is 2.12. The number of carbonyl (C=O) groups is 1. The molecule has 3 rings (SSSR count). The van der Waals surface area contributed by atoms with Gasteiger partial charge in [0.2, 0.25) is 5.91 Å². The second kappa shape index (κ2) is 6.99. The minimum Gasteiger partial charge on any atom is -0.321 e. The molecule has 0 fully saturated rings. The summed E-state index contributed by atoms with van der Waals surface area (Å²) in [4.78, 5) is 14.3. The number of para-hydroxylation sites is 1. The van der Waals surface area contributed by atoms with Crippen LogP contribution in [-0.2, 0) is 17.8 Å². The van der Waals surface area contributed by atoms with Crippen LogP contribution in [0, 0.1) is 0 Å². The molecule has 0 saturated carbocycles. The Labute approximate surface area is 141 Å². The summed E-state index contributed by atoms with van der Waals surface area (Å²) in [7, 11) is 2.13. The molecule has 1 amide bonds. The van der Waals surface area contributed by atoms with Crippen molar-refractivity contribution in [2.24, 2.45) is 0 Å². The molecule has 0 radical (unpaired) electrons. The van der Waals surface area contributed by atoms with Crippen LogP contribution in [0.4, 0.5) is 5.69 Å². The van der Waals surface area contributed by atoms with Gasteiger partial charge in [-0.25, -0.2) is 0 Å². The van der Waals surface area contributed by atoms with Gasteiger partial charge in [-0.05, 0) is 48.4 Å². The van der Waals surface area contributed by atoms with Gasteiger partial charge in [0.05, 0.1) is 10.7 Å². The van der Waals surface area contributed by atoms with Crippen molar-refractivity contribution in [1.82, 2.24) is 4.90 Å². The van der Waals surface area contributed by atoms with Crippen LogP contribution >= 0.6 is 11.6 Å². The number of benzene rings is 2. The van der Waals surface area contributed by atoms with E-state index < -0.39 is 0 Å². The summed E-state index contributed by atoms with van der Waals surface area (Å²) in [5, 5.41) is 3.32. The summed E-state index contributed by atoms with van der Waals surface area (Å²) < 4.78 is 0. The Morgan fingerprint density at radius 1 is 1.22 bits per heavy atom. The number of fused-ring (bicyclic) bond motifs is 1. The topological polar surface area (TPSA) is 32.3 Å². The van der Waals surface area contributed by atoms with Crippen molar-refractivity contribution >= 4 is 29.3 Å². The van der Waals surface area contributed by atoms with E-state index in [-0.39, 0.29) is 5.91 Å². The number of anilines is 1. The number of rotatable bonds is 3. The van der Waals surface area contributed by atoms with E-state index in [1.807, 2.05) is 18.2 Å². The third-order valence-corrected chi connectivity index (χ3v) is 4.32. The van der Waals surface area contributed by atoms with Gasteiger partial charge in [-0.15, -0.1) is 0 Å². The first-order valence-electron chi connectivity index (χ1n) is 7.66. The van der Waals surface area contributed by atoms with Crippen molar-refractivity contribution in [3.8, 4) is 0 Å². The van der Waals surface area contributed by atoms with E-state index in [1.54, 1.807) is 12.1 Å². The average molecular weight is 327 g/mol. The molecule has 0 bridgehead atoms. The molecule has 4 heteroatoms. The highest BCUT2D eigenvalue weighted by Crippen LogP contribution is 2.21. The lowest BCUT2D eigenvalue weighted by Gasteiger charge is -2.25. The first-order valence-corrected chi connectivity index (χ1v) is 8.03. The standard InChI is InChI=1S/C19H19ClN2O/c1-22-11-10-15-8-6-14(12-16(15)13-22)7-9-19(23)21-18-5-3-2-4-17(18)20/h2-9,12H,10-11,13H2,1H3,(H,21,23)/b9-7+. The molecule has 2 aromatic rings. The van der Waals surface area contributed by atoms with E-state index in [1.165, 1.54) is 17.2 Å². The smallest absolute Gasteiger partial charge is 0.248 e. The third-order valence-electron chi connectivity index (χ3n) is 3.99. The second-order valence-electron chi connectivity index (χ2n) is 5.82. The van der Waals surface area contributed by atoms with Gasteiger partial charge in [-0.3, -0.25) is 4.79 Å². The van der Waals surface area contributed by atoms with Gasteiger partial charge in [-0.1, -0.05) is 41.9 Å². The van der Waals surface area contributed by atoms with Crippen LogP contribution in [0.15, 0.2) is 48.5 Å². The van der Waals surface area contributed by atoms with Gasteiger partial charge in [-0.2, -0.15) is 0 Å². The lowest BCUT2D eigenvalue weighted by Crippen LogP contribution is -2.26. The zero-order valence-corrected chi connectivity index (χ0v) is 13.8. The lowest BCUT2D eigenvalue weighted by atomic mass is 9.97. The molecule has 0 aliphatic carbocycles. The van der Waals surface area contributed by atoms with Gasteiger partial charge in [0, 0.05) is 19.2 Å². The van der Waals surface area contributed by atoms with Crippen molar-refractivity contribution in [2.75, 3.05) is 18.9 Å². The molecule has 23 heavy (non-hydrogen) atoms. The first-order chi connectivity index (χ1) is 11.1. The van der Waals surface area contributed by atoms with E-state index >= 15 is 0 Å². The quantitative estimate of drug-likeness (QED) is 0.865. The fraction of sp³-hybridized carbons (Fsp3) is 0.211. The van der Waals surface area contributed by atoms with Crippen LogP contribution in [0.2, 0.25) is 5.02 Å². The lowest BCUT2D eigenvalue weighted by molar-refractivity contribution is -0.111. The molecule has 2 aromatic carbocycles. The molecule has 1 heterocycles. The van der Waals surface area contributed by atoms with Crippen LogP contribution < -0.4 is 5.32 Å². The van der Waals surface area contributed by atoms with Crippen LogP contribution in [-0.4, -0.2) is 24.4 Å². The van der Waals surface area contributed by atoms with Crippen molar-refractivity contribution < 1.29 is 4.79 Å². The molecule has 0 spiro atoms. The Kier molecular flexibility index (Phi) is 4.79. The minimum absolute atomic E-state index is 0.187. The maximum atomic E-state index is 12.0. The van der Waals surface area contributed by atoms with Crippen LogP contribution in [0.3, 0.4) is 0 Å². The van der Waals surface area contributed by atoms with Crippen LogP contribution in [0.5, 0.6) is 0 Å². The molecule has 1 aliphatic rings. The van der Waals surface area contributed by atoms with Crippen molar-refractivity contribution in [3.05, 3.63) is 70.3 Å². The highest BCUT2D eigenvalue weighted by atomic mass is 35.5. The zero-order chi connectivity index (χ0) is 16.2. The number of amides is 1. The van der Waals surface area contributed by atoms with E-state index in [0.717, 1.165) is 25.1 Å². The van der Waals surface area contributed by atoms with Crippen LogP contribution in [0.1, 0.15) is 16.7 Å². The zero-order valence-electron chi connectivity index (χ0n) is 13.1. The summed E-state index contributed by atoms with van der Waals surface area (Å²) in [6, 6.07) is 13.6. The number of hydrogen-bond acceptors (Lipinski definition) is 2. The number of hydrogen-bond donors (Lipinski definition) is 1. The first kappa shape index (κ1) is 15.8. The molecule has 118 valence electrons. The molecule has 0 atom stereocenters. The fourth-order valence-electron chi connectivity index (χ4n) is 2.73.